The summed E-state index contributed by atoms with van der Waals surface area (Å²) >= 11 is 6.74. The highest BCUT2D eigenvalue weighted by molar-refractivity contribution is 8.13. The number of aliphatic hydroxyl groups is 1. The molecule has 0 radical (unpaired) electrons. The number of hydrogen-bond donors (Lipinski definition) is 4. The first-order valence-electron chi connectivity index (χ1n) is 13.7. The fourth-order valence-electron chi connectivity index (χ4n) is 6.89. The lowest BCUT2D eigenvalue weighted by atomic mass is 9.52. The number of halogens is 1. The summed E-state index contributed by atoms with van der Waals surface area (Å²) in [5.41, 5.74) is 3.17. The van der Waals surface area contributed by atoms with Gasteiger partial charge in [-0.25, -0.2) is 0 Å². The van der Waals surface area contributed by atoms with E-state index in [0.717, 1.165) is 11.8 Å². The number of phenols is 1. The molecule has 2 fully saturated rings. The molecular weight excluding hydrogens is 612 g/mol. The molecule has 6 atom stereocenters. The third-order valence-electron chi connectivity index (χ3n) is 8.78. The number of thioether (sulfide) groups is 1. The SMILES string of the molecule is CN(C)c1cc(NC(=O)Sc2ccc(Cl)cc2)c(O)c2c1C[C@H]1C[C@H]3[C@H](N(C)C)C(=O)C(C(N)=O)C(=O)[C@@]3(O)C(=O)C1C2=O. The van der Waals surface area contributed by atoms with Crippen LogP contribution in [-0.2, 0) is 25.6 Å². The van der Waals surface area contributed by atoms with Crippen LogP contribution in [0.3, 0.4) is 0 Å². The fraction of sp³-hybridized carbons (Fsp3) is 0.400. The number of ketones is 4. The van der Waals surface area contributed by atoms with Gasteiger partial charge in [-0.05, 0) is 80.5 Å². The van der Waals surface area contributed by atoms with E-state index in [9.17, 15) is 39.0 Å². The molecule has 14 heteroatoms. The number of nitrogens with two attached hydrogens (primary N) is 1. The number of carbonyl (C=O) groups excluding carboxylic acids is 6. The van der Waals surface area contributed by atoms with Crippen LogP contribution in [0.5, 0.6) is 5.75 Å². The number of aromatic hydroxyl groups is 1. The Labute approximate surface area is 261 Å². The first-order valence-corrected chi connectivity index (χ1v) is 14.9. The molecule has 0 heterocycles. The number of nitrogens with one attached hydrogen (secondary N) is 1. The highest BCUT2D eigenvalue weighted by Gasteiger charge is 2.69. The lowest BCUT2D eigenvalue weighted by molar-refractivity contribution is -0.181. The normalized spacial score (nSPS) is 27.8. The van der Waals surface area contributed by atoms with Crippen molar-refractivity contribution in [2.45, 2.75) is 29.4 Å². The molecule has 3 aliphatic carbocycles. The van der Waals surface area contributed by atoms with Gasteiger partial charge in [0.1, 0.15) is 5.75 Å². The topological polar surface area (TPSA) is 187 Å². The zero-order chi connectivity index (χ0) is 32.4. The molecule has 2 unspecified atom stereocenters. The number of rotatable bonds is 5. The molecule has 232 valence electrons. The Kier molecular flexibility index (Phi) is 8.12. The Bertz CT molecular complexity index is 1630. The molecule has 0 bridgehead atoms. The lowest BCUT2D eigenvalue weighted by Gasteiger charge is -2.52. The predicted molar refractivity (Wildman–Crippen MR) is 162 cm³/mol. The van der Waals surface area contributed by atoms with Crippen molar-refractivity contribution in [3.05, 3.63) is 46.5 Å². The number of carbonyl (C=O) groups is 6. The zero-order valence-electron chi connectivity index (χ0n) is 24.3. The first-order chi connectivity index (χ1) is 20.6. The van der Waals surface area contributed by atoms with Gasteiger partial charge in [-0.3, -0.25) is 33.7 Å². The third kappa shape index (κ3) is 4.87. The molecular formula is C30H31ClN4O8S. The molecule has 0 aromatic heterocycles. The summed E-state index contributed by atoms with van der Waals surface area (Å²) in [5.74, 6) is -11.5. The minimum Gasteiger partial charge on any atom is -0.505 e. The van der Waals surface area contributed by atoms with Crippen LogP contribution in [0, 0.1) is 23.7 Å². The molecule has 2 saturated carbocycles. The van der Waals surface area contributed by atoms with Crippen molar-refractivity contribution in [3.8, 4) is 5.75 Å². The average molecular weight is 643 g/mol. The second-order valence-corrected chi connectivity index (χ2v) is 13.3. The zero-order valence-corrected chi connectivity index (χ0v) is 25.9. The van der Waals surface area contributed by atoms with E-state index in [0.29, 0.717) is 21.2 Å². The van der Waals surface area contributed by atoms with Gasteiger partial charge in [-0.1, -0.05) is 11.6 Å². The summed E-state index contributed by atoms with van der Waals surface area (Å²) in [6.45, 7) is 0. The quantitative estimate of drug-likeness (QED) is 0.212. The minimum absolute atomic E-state index is 0.0618. The summed E-state index contributed by atoms with van der Waals surface area (Å²) in [7, 11) is 6.48. The molecule has 5 N–H and O–H groups in total. The summed E-state index contributed by atoms with van der Waals surface area (Å²) in [4.78, 5) is 83.6. The predicted octanol–water partition coefficient (Wildman–Crippen LogP) is 1.91. The Hall–Kier alpha value is -3.78. The molecule has 5 rings (SSSR count). The van der Waals surface area contributed by atoms with Crippen LogP contribution in [-0.4, -0.2) is 89.2 Å². The van der Waals surface area contributed by atoms with Crippen LogP contribution in [0.1, 0.15) is 22.3 Å². The second-order valence-electron chi connectivity index (χ2n) is 11.8. The van der Waals surface area contributed by atoms with Crippen molar-refractivity contribution in [2.75, 3.05) is 38.4 Å². The van der Waals surface area contributed by atoms with Crippen molar-refractivity contribution in [1.82, 2.24) is 4.90 Å². The molecule has 3 aliphatic rings. The Balaban J connectivity index is 1.57. The van der Waals surface area contributed by atoms with E-state index in [2.05, 4.69) is 5.32 Å². The van der Waals surface area contributed by atoms with Gasteiger partial charge in [0.05, 0.1) is 23.2 Å². The van der Waals surface area contributed by atoms with E-state index in [-0.39, 0.29) is 24.1 Å². The molecule has 2 aromatic carbocycles. The molecule has 2 amide bonds. The van der Waals surface area contributed by atoms with E-state index >= 15 is 0 Å². The number of benzene rings is 2. The van der Waals surface area contributed by atoms with Gasteiger partial charge >= 0.3 is 0 Å². The fourth-order valence-corrected chi connectivity index (χ4v) is 7.66. The summed E-state index contributed by atoms with van der Waals surface area (Å²) in [5, 5.41) is 25.6. The molecule has 0 saturated heterocycles. The number of Topliss-reactive ketones (excluding diaryl/α,β-unsaturated/α-hetero) is 4. The van der Waals surface area contributed by atoms with Gasteiger partial charge in [-0.15, -0.1) is 0 Å². The maximum Gasteiger partial charge on any atom is 0.288 e. The van der Waals surface area contributed by atoms with Gasteiger partial charge in [0.15, 0.2) is 34.7 Å². The number of likely N-dealkylation sites (N-methyl/N-ethyl adjacent to an activating group) is 1. The average Bonchev–Trinajstić information content (AvgIpc) is 2.93. The monoisotopic (exact) mass is 642 g/mol. The van der Waals surface area contributed by atoms with Gasteiger partial charge in [0.25, 0.3) is 5.24 Å². The number of amides is 2. The number of fused-ring (bicyclic) bond motifs is 3. The largest absolute Gasteiger partial charge is 0.505 e. The van der Waals surface area contributed by atoms with Gasteiger partial charge in [0, 0.05) is 35.6 Å². The van der Waals surface area contributed by atoms with Crippen molar-refractivity contribution >= 4 is 69.0 Å². The lowest BCUT2D eigenvalue weighted by Crippen LogP contribution is -2.74. The van der Waals surface area contributed by atoms with Crippen molar-refractivity contribution in [2.24, 2.45) is 29.4 Å². The van der Waals surface area contributed by atoms with Crippen LogP contribution in [0.2, 0.25) is 5.02 Å². The second kappa shape index (κ2) is 11.3. The first kappa shape index (κ1) is 31.6. The molecule has 12 nitrogen and oxygen atoms in total. The molecule has 2 aromatic rings. The summed E-state index contributed by atoms with van der Waals surface area (Å²) in [6, 6.07) is 6.86. The smallest absolute Gasteiger partial charge is 0.288 e. The highest BCUT2D eigenvalue weighted by Crippen LogP contribution is 2.52. The van der Waals surface area contributed by atoms with Crippen molar-refractivity contribution < 1.29 is 39.0 Å². The maximum atomic E-state index is 14.1. The van der Waals surface area contributed by atoms with Crippen LogP contribution < -0.4 is 16.0 Å². The van der Waals surface area contributed by atoms with Gasteiger partial charge in [0.2, 0.25) is 5.91 Å². The number of nitrogens with zero attached hydrogens (tertiary/aromatic N) is 2. The van der Waals surface area contributed by atoms with E-state index in [1.165, 1.54) is 25.1 Å². The van der Waals surface area contributed by atoms with E-state index in [1.54, 1.807) is 43.3 Å². The van der Waals surface area contributed by atoms with Crippen molar-refractivity contribution in [3.63, 3.8) is 0 Å². The van der Waals surface area contributed by atoms with E-state index < -0.39 is 75.3 Å². The highest BCUT2D eigenvalue weighted by atomic mass is 35.5. The molecule has 44 heavy (non-hydrogen) atoms. The van der Waals surface area contributed by atoms with Crippen LogP contribution in [0.15, 0.2) is 35.2 Å². The maximum absolute atomic E-state index is 14.1. The van der Waals surface area contributed by atoms with Crippen LogP contribution in [0.25, 0.3) is 0 Å². The Morgan fingerprint density at radius 1 is 1.07 bits per heavy atom. The van der Waals surface area contributed by atoms with E-state index in [1.807, 2.05) is 0 Å². The minimum atomic E-state index is -2.82. The molecule has 0 aliphatic heterocycles. The number of primary amides is 1. The van der Waals surface area contributed by atoms with E-state index in [4.69, 9.17) is 17.3 Å². The van der Waals surface area contributed by atoms with Gasteiger partial charge in [-0.2, -0.15) is 0 Å². The van der Waals surface area contributed by atoms with Gasteiger partial charge < -0.3 is 26.2 Å². The Morgan fingerprint density at radius 3 is 2.27 bits per heavy atom. The van der Waals surface area contributed by atoms with Crippen LogP contribution in [0.4, 0.5) is 16.2 Å². The number of phenolic OH excluding ortho intramolecular Hbond substituents is 1. The summed E-state index contributed by atoms with van der Waals surface area (Å²) in [6.07, 6.45) is 0.0361. The summed E-state index contributed by atoms with van der Waals surface area (Å²) < 4.78 is 0. The number of anilines is 2. The van der Waals surface area contributed by atoms with Crippen molar-refractivity contribution in [1.29, 1.82) is 0 Å². The third-order valence-corrected chi connectivity index (χ3v) is 9.83. The van der Waals surface area contributed by atoms with Crippen LogP contribution >= 0.6 is 23.4 Å². The molecule has 0 spiro atoms. The number of hydrogen-bond acceptors (Lipinski definition) is 11. The Morgan fingerprint density at radius 2 is 1.70 bits per heavy atom. The standard InChI is InChI=1S/C30H31ClN4O8S/c1-34(2)18-11-17(33-29(42)44-14-7-5-13(31)6-8-14)23(36)20-15(18)9-12-10-16-22(35(3)4)25(38)21(28(32)41)27(40)30(16,43)26(39)19(12)24(20)37/h5-8,11-12,16,19,21-22,36,43H,9-10H2,1-4H3,(H2,32,41)(H,33,42)/t12-,16-,19?,21?,22-,30-/m0/s1.